The predicted molar refractivity (Wildman–Crippen MR) is 122 cm³/mol. The van der Waals surface area contributed by atoms with Crippen molar-refractivity contribution in [3.8, 4) is 34.4 Å². The van der Waals surface area contributed by atoms with Gasteiger partial charge in [0.05, 0.1) is 24.9 Å². The Bertz CT molecular complexity index is 1240. The highest BCUT2D eigenvalue weighted by molar-refractivity contribution is 6.32. The molecule has 0 bridgehead atoms. The van der Waals surface area contributed by atoms with Gasteiger partial charge in [0.15, 0.2) is 0 Å². The Morgan fingerprint density at radius 3 is 2.25 bits per heavy atom. The number of anilines is 2. The van der Waals surface area contributed by atoms with Gasteiger partial charge >= 0.3 is 6.03 Å². The average molecular weight is 451 g/mol. The molecular weight excluding hydrogens is 432 g/mol. The smallest absolute Gasteiger partial charge is 0.323 e. The van der Waals surface area contributed by atoms with Crippen molar-refractivity contribution in [2.75, 3.05) is 24.9 Å². The number of hydrogen-bond acceptors (Lipinski definition) is 6. The third-order valence-corrected chi connectivity index (χ3v) is 4.83. The van der Waals surface area contributed by atoms with Crippen LogP contribution < -0.4 is 20.1 Å². The molecule has 1 aromatic heterocycles. The van der Waals surface area contributed by atoms with Crippen molar-refractivity contribution < 1.29 is 18.7 Å². The van der Waals surface area contributed by atoms with Gasteiger partial charge in [0, 0.05) is 22.9 Å². The summed E-state index contributed by atoms with van der Waals surface area (Å²) in [5, 5.41) is 14.0. The molecule has 0 spiro atoms. The van der Waals surface area contributed by atoms with E-state index in [1.807, 2.05) is 36.4 Å². The summed E-state index contributed by atoms with van der Waals surface area (Å²) in [5.41, 5.74) is 2.43. The topological polar surface area (TPSA) is 98.5 Å². The summed E-state index contributed by atoms with van der Waals surface area (Å²) in [4.78, 5) is 12.5. The van der Waals surface area contributed by atoms with E-state index in [-0.39, 0.29) is 0 Å². The second-order valence-electron chi connectivity index (χ2n) is 6.63. The van der Waals surface area contributed by atoms with Crippen LogP contribution in [0.15, 0.2) is 71.1 Å². The Morgan fingerprint density at radius 2 is 1.53 bits per heavy atom. The first-order valence-electron chi connectivity index (χ1n) is 9.56. The van der Waals surface area contributed by atoms with Crippen molar-refractivity contribution in [3.63, 3.8) is 0 Å². The number of methoxy groups -OCH3 is 2. The lowest BCUT2D eigenvalue weighted by Gasteiger charge is -2.14. The van der Waals surface area contributed by atoms with E-state index in [1.54, 1.807) is 30.3 Å². The van der Waals surface area contributed by atoms with Crippen molar-refractivity contribution in [2.45, 2.75) is 0 Å². The third kappa shape index (κ3) is 4.65. The lowest BCUT2D eigenvalue weighted by Crippen LogP contribution is -2.19. The Hall–Kier alpha value is -4.04. The Kier molecular flexibility index (Phi) is 6.23. The maximum Gasteiger partial charge on any atom is 0.323 e. The van der Waals surface area contributed by atoms with Gasteiger partial charge in [0.25, 0.3) is 0 Å². The number of nitrogens with zero attached hydrogens (tertiary/aromatic N) is 2. The van der Waals surface area contributed by atoms with Crippen LogP contribution in [0.5, 0.6) is 11.5 Å². The lowest BCUT2D eigenvalue weighted by atomic mass is 10.2. The summed E-state index contributed by atoms with van der Waals surface area (Å²) < 4.78 is 16.3. The SMILES string of the molecule is COc1cc(OC)c(NC(=O)Nc2cccc(-c3nnc(-c4ccccc4)o3)c2)cc1Cl. The fraction of sp³-hybridized carbons (Fsp3) is 0.0870. The van der Waals surface area contributed by atoms with E-state index in [2.05, 4.69) is 20.8 Å². The molecule has 0 radical (unpaired) electrons. The number of carbonyl (C=O) groups is 1. The summed E-state index contributed by atoms with van der Waals surface area (Å²) in [7, 11) is 2.99. The minimum atomic E-state index is -0.475. The minimum Gasteiger partial charge on any atom is -0.495 e. The molecule has 9 heteroatoms. The molecule has 0 atom stereocenters. The van der Waals surface area contributed by atoms with Crippen LogP contribution in [-0.4, -0.2) is 30.4 Å². The number of halogens is 1. The summed E-state index contributed by atoms with van der Waals surface area (Å²) in [6, 6.07) is 19.2. The van der Waals surface area contributed by atoms with Crippen LogP contribution in [0.2, 0.25) is 5.02 Å². The van der Waals surface area contributed by atoms with Crippen LogP contribution in [0.1, 0.15) is 0 Å². The van der Waals surface area contributed by atoms with Gasteiger partial charge < -0.3 is 24.5 Å². The van der Waals surface area contributed by atoms with E-state index >= 15 is 0 Å². The number of rotatable bonds is 6. The molecule has 0 saturated heterocycles. The highest BCUT2D eigenvalue weighted by atomic mass is 35.5. The van der Waals surface area contributed by atoms with Crippen LogP contribution >= 0.6 is 11.6 Å². The molecule has 8 nitrogen and oxygen atoms in total. The molecule has 4 aromatic rings. The number of carbonyl (C=O) groups excluding carboxylic acids is 1. The Balaban J connectivity index is 1.50. The molecule has 0 saturated carbocycles. The van der Waals surface area contributed by atoms with Gasteiger partial charge in [-0.3, -0.25) is 0 Å². The first kappa shape index (κ1) is 21.2. The minimum absolute atomic E-state index is 0.344. The monoisotopic (exact) mass is 450 g/mol. The van der Waals surface area contributed by atoms with Gasteiger partial charge in [-0.25, -0.2) is 4.79 Å². The molecule has 2 amide bonds. The molecule has 162 valence electrons. The lowest BCUT2D eigenvalue weighted by molar-refractivity contribution is 0.262. The van der Waals surface area contributed by atoms with E-state index in [0.29, 0.717) is 45.2 Å². The first-order chi connectivity index (χ1) is 15.6. The zero-order valence-electron chi connectivity index (χ0n) is 17.3. The van der Waals surface area contributed by atoms with Crippen LogP contribution in [0.4, 0.5) is 16.2 Å². The van der Waals surface area contributed by atoms with Gasteiger partial charge in [-0.15, -0.1) is 10.2 Å². The molecule has 2 N–H and O–H groups in total. The van der Waals surface area contributed by atoms with Crippen LogP contribution in [-0.2, 0) is 0 Å². The Morgan fingerprint density at radius 1 is 0.844 bits per heavy atom. The zero-order chi connectivity index (χ0) is 22.5. The molecule has 4 rings (SSSR count). The second kappa shape index (κ2) is 9.40. The fourth-order valence-electron chi connectivity index (χ4n) is 3.01. The largest absolute Gasteiger partial charge is 0.495 e. The van der Waals surface area contributed by atoms with Gasteiger partial charge in [-0.1, -0.05) is 35.9 Å². The van der Waals surface area contributed by atoms with Crippen LogP contribution in [0, 0.1) is 0 Å². The number of hydrogen-bond donors (Lipinski definition) is 2. The van der Waals surface area contributed by atoms with E-state index in [4.69, 9.17) is 25.5 Å². The van der Waals surface area contributed by atoms with Crippen molar-refractivity contribution in [2.24, 2.45) is 0 Å². The number of nitrogens with one attached hydrogen (secondary N) is 2. The molecule has 0 aliphatic heterocycles. The highest BCUT2D eigenvalue weighted by Crippen LogP contribution is 2.36. The molecular formula is C23H19ClN4O4. The van der Waals surface area contributed by atoms with Crippen molar-refractivity contribution in [1.29, 1.82) is 0 Å². The van der Waals surface area contributed by atoms with E-state index in [0.717, 1.165) is 5.56 Å². The van der Waals surface area contributed by atoms with Gasteiger partial charge in [-0.05, 0) is 36.4 Å². The normalized spacial score (nSPS) is 10.5. The first-order valence-corrected chi connectivity index (χ1v) is 9.94. The molecule has 3 aromatic carbocycles. The van der Waals surface area contributed by atoms with Crippen LogP contribution in [0.25, 0.3) is 22.9 Å². The van der Waals surface area contributed by atoms with E-state index < -0.39 is 6.03 Å². The third-order valence-electron chi connectivity index (χ3n) is 4.54. The van der Waals surface area contributed by atoms with Gasteiger partial charge in [0.1, 0.15) is 11.5 Å². The molecule has 0 unspecified atom stereocenters. The molecule has 0 aliphatic rings. The fourth-order valence-corrected chi connectivity index (χ4v) is 3.25. The molecule has 0 aliphatic carbocycles. The summed E-state index contributed by atoms with van der Waals surface area (Å²) in [6.07, 6.45) is 0. The summed E-state index contributed by atoms with van der Waals surface area (Å²) >= 11 is 6.16. The second-order valence-corrected chi connectivity index (χ2v) is 7.03. The number of amides is 2. The number of urea groups is 1. The van der Waals surface area contributed by atoms with Gasteiger partial charge in [0.2, 0.25) is 11.8 Å². The van der Waals surface area contributed by atoms with Crippen molar-refractivity contribution in [1.82, 2.24) is 10.2 Å². The summed E-state index contributed by atoms with van der Waals surface area (Å²) in [5.74, 6) is 1.61. The van der Waals surface area contributed by atoms with Crippen molar-refractivity contribution in [3.05, 3.63) is 71.8 Å². The molecule has 32 heavy (non-hydrogen) atoms. The molecule has 0 fully saturated rings. The van der Waals surface area contributed by atoms with Gasteiger partial charge in [-0.2, -0.15) is 0 Å². The summed E-state index contributed by atoms with van der Waals surface area (Å²) in [6.45, 7) is 0. The van der Waals surface area contributed by atoms with Crippen molar-refractivity contribution >= 4 is 29.0 Å². The van der Waals surface area contributed by atoms with Crippen LogP contribution in [0.3, 0.4) is 0 Å². The maximum absolute atomic E-state index is 12.5. The number of aromatic nitrogens is 2. The molecule has 1 heterocycles. The number of ether oxygens (including phenoxy) is 2. The highest BCUT2D eigenvalue weighted by Gasteiger charge is 2.14. The standard InChI is InChI=1S/C23H19ClN4O4/c1-30-19-13-20(31-2)18(12-17(19)24)26-23(29)25-16-10-6-9-15(11-16)22-28-27-21(32-22)14-7-4-3-5-8-14/h3-13H,1-2H3,(H2,25,26,29). The maximum atomic E-state index is 12.5. The van der Waals surface area contributed by atoms with E-state index in [1.165, 1.54) is 14.2 Å². The predicted octanol–water partition coefficient (Wildman–Crippen LogP) is 5.72. The zero-order valence-corrected chi connectivity index (χ0v) is 18.0. The Labute approximate surface area is 189 Å². The van der Waals surface area contributed by atoms with E-state index in [9.17, 15) is 4.79 Å². The number of benzene rings is 3. The quantitative estimate of drug-likeness (QED) is 0.390. The average Bonchev–Trinajstić information content (AvgIpc) is 3.30.